The molecule has 2 spiro atoms. The molecule has 0 aliphatic heterocycles. The molecule has 2 nitrogen and oxygen atoms in total. The van der Waals surface area contributed by atoms with E-state index in [1.54, 1.807) is 6.08 Å². The van der Waals surface area contributed by atoms with E-state index in [1.165, 1.54) is 0 Å². The number of allylic oxidation sites excluding steroid dienone is 6. The molecule has 100 valence electrons. The Kier molecular flexibility index (Phi) is 1.45. The number of halogens is 1. The van der Waals surface area contributed by atoms with Crippen LogP contribution in [0, 0.1) is 46.3 Å². The Balaban J connectivity index is 1.81. The van der Waals surface area contributed by atoms with E-state index in [0.717, 1.165) is 10.9 Å². The SMILES string of the molecule is O=C1[C@@H]2C=C[C@]34C(Br)=CC(=O)[C@@]35[C@@H]3C=C[C@@H]([C@H]2C[C@@H]34)[C@H]15. The summed E-state index contributed by atoms with van der Waals surface area (Å²) in [5.74, 6) is 2.06. The van der Waals surface area contributed by atoms with E-state index in [0.29, 0.717) is 23.5 Å². The van der Waals surface area contributed by atoms with Gasteiger partial charge in [0, 0.05) is 21.7 Å². The van der Waals surface area contributed by atoms with Crippen LogP contribution in [0.1, 0.15) is 6.42 Å². The van der Waals surface area contributed by atoms with Crippen LogP contribution in [0.4, 0.5) is 0 Å². The van der Waals surface area contributed by atoms with Crippen molar-refractivity contribution < 1.29 is 9.59 Å². The molecule has 0 heterocycles. The predicted molar refractivity (Wildman–Crippen MR) is 75.7 cm³/mol. The Hall–Kier alpha value is -0.960. The molecular weight excluding hydrogens is 316 g/mol. The largest absolute Gasteiger partial charge is 0.299 e. The Morgan fingerprint density at radius 3 is 2.90 bits per heavy atom. The number of ketones is 2. The van der Waals surface area contributed by atoms with Crippen molar-refractivity contribution in [1.29, 1.82) is 0 Å². The summed E-state index contributed by atoms with van der Waals surface area (Å²) in [4.78, 5) is 25.8. The predicted octanol–water partition coefficient (Wildman–Crippen LogP) is 2.66. The first-order chi connectivity index (χ1) is 9.64. The number of carbonyl (C=O) groups is 2. The van der Waals surface area contributed by atoms with E-state index in [4.69, 9.17) is 0 Å². The monoisotopic (exact) mass is 328 g/mol. The van der Waals surface area contributed by atoms with Gasteiger partial charge in [-0.25, -0.2) is 0 Å². The summed E-state index contributed by atoms with van der Waals surface area (Å²) in [6, 6.07) is 0. The maximum absolute atomic E-state index is 12.9. The minimum absolute atomic E-state index is 0.0612. The first-order valence-corrected chi connectivity index (χ1v) is 8.27. The van der Waals surface area contributed by atoms with Crippen LogP contribution in [0.3, 0.4) is 0 Å². The molecule has 0 radical (unpaired) electrons. The summed E-state index contributed by atoms with van der Waals surface area (Å²) in [7, 11) is 0. The second kappa shape index (κ2) is 2.70. The molecule has 0 aromatic rings. The van der Waals surface area contributed by atoms with Crippen molar-refractivity contribution >= 4 is 27.5 Å². The van der Waals surface area contributed by atoms with Crippen molar-refractivity contribution in [2.45, 2.75) is 6.42 Å². The molecule has 0 N–H and O–H groups in total. The van der Waals surface area contributed by atoms with Crippen LogP contribution in [0.25, 0.3) is 0 Å². The third kappa shape index (κ3) is 0.668. The third-order valence-electron chi connectivity index (χ3n) is 7.39. The van der Waals surface area contributed by atoms with Crippen LogP contribution in [-0.4, -0.2) is 11.6 Å². The Morgan fingerprint density at radius 2 is 2.05 bits per heavy atom. The molecule has 8 aliphatic rings. The molecule has 3 saturated carbocycles. The lowest BCUT2D eigenvalue weighted by Gasteiger charge is -2.66. The fourth-order valence-corrected chi connectivity index (χ4v) is 7.94. The number of hydrogen-bond donors (Lipinski definition) is 0. The fraction of sp³-hybridized carbons (Fsp3) is 0.529. The minimum atomic E-state index is -0.469. The number of carbonyl (C=O) groups excluding carboxylic acids is 2. The zero-order valence-corrected chi connectivity index (χ0v) is 12.3. The van der Waals surface area contributed by atoms with E-state index in [2.05, 4.69) is 40.2 Å². The topological polar surface area (TPSA) is 34.1 Å². The second-order valence-electron chi connectivity index (χ2n) is 7.35. The highest BCUT2D eigenvalue weighted by molar-refractivity contribution is 9.11. The normalized spacial score (nSPS) is 62.5. The molecule has 0 unspecified atom stereocenters. The highest BCUT2D eigenvalue weighted by Gasteiger charge is 2.85. The summed E-state index contributed by atoms with van der Waals surface area (Å²) in [5.41, 5.74) is -0.665. The third-order valence-corrected chi connectivity index (χ3v) is 8.27. The molecule has 8 rings (SSSR count). The first-order valence-electron chi connectivity index (χ1n) is 7.47. The summed E-state index contributed by atoms with van der Waals surface area (Å²) in [5, 5.41) is 0. The van der Waals surface area contributed by atoms with Gasteiger partial charge in [0.2, 0.25) is 0 Å². The number of Topliss-reactive ketones (excluding diaryl/α,β-unsaturated/α-hetero) is 1. The molecule has 8 bridgehead atoms. The van der Waals surface area contributed by atoms with Gasteiger partial charge in [-0.3, -0.25) is 9.59 Å². The highest BCUT2D eigenvalue weighted by Crippen LogP contribution is 2.84. The van der Waals surface area contributed by atoms with Crippen LogP contribution < -0.4 is 0 Å². The molecule has 0 aromatic carbocycles. The van der Waals surface area contributed by atoms with Crippen molar-refractivity contribution in [3.05, 3.63) is 34.9 Å². The van der Waals surface area contributed by atoms with Gasteiger partial charge in [0.15, 0.2) is 5.78 Å². The van der Waals surface area contributed by atoms with E-state index in [-0.39, 0.29) is 29.0 Å². The average molecular weight is 329 g/mol. The summed E-state index contributed by atoms with van der Waals surface area (Å²) in [6.07, 6.45) is 11.8. The van der Waals surface area contributed by atoms with Gasteiger partial charge < -0.3 is 0 Å². The highest BCUT2D eigenvalue weighted by atomic mass is 79.9. The number of rotatable bonds is 0. The molecule has 0 aromatic heterocycles. The van der Waals surface area contributed by atoms with Gasteiger partial charge in [-0.15, -0.1) is 0 Å². The van der Waals surface area contributed by atoms with Gasteiger partial charge in [0.05, 0.1) is 5.41 Å². The molecule has 8 atom stereocenters. The zero-order chi connectivity index (χ0) is 13.4. The van der Waals surface area contributed by atoms with E-state index in [1.807, 2.05) is 0 Å². The van der Waals surface area contributed by atoms with Crippen LogP contribution >= 0.6 is 15.9 Å². The first kappa shape index (κ1) is 10.7. The van der Waals surface area contributed by atoms with Crippen molar-refractivity contribution in [3.63, 3.8) is 0 Å². The van der Waals surface area contributed by atoms with Crippen LogP contribution in [0.15, 0.2) is 34.9 Å². The van der Waals surface area contributed by atoms with Crippen LogP contribution in [0.2, 0.25) is 0 Å². The Labute approximate surface area is 125 Å². The lowest BCUT2D eigenvalue weighted by Crippen LogP contribution is -2.69. The maximum Gasteiger partial charge on any atom is 0.165 e. The molecular formula is C17H13BrO2. The van der Waals surface area contributed by atoms with Crippen molar-refractivity contribution in [2.24, 2.45) is 46.3 Å². The van der Waals surface area contributed by atoms with Gasteiger partial charge in [-0.2, -0.15) is 0 Å². The number of hydrogen-bond acceptors (Lipinski definition) is 2. The van der Waals surface area contributed by atoms with Crippen LogP contribution in [-0.2, 0) is 9.59 Å². The Morgan fingerprint density at radius 1 is 1.20 bits per heavy atom. The molecule has 20 heavy (non-hydrogen) atoms. The maximum atomic E-state index is 12.9. The molecule has 0 amide bonds. The van der Waals surface area contributed by atoms with Gasteiger partial charge in [0.1, 0.15) is 5.78 Å². The minimum Gasteiger partial charge on any atom is -0.299 e. The zero-order valence-electron chi connectivity index (χ0n) is 10.8. The molecule has 3 fully saturated rings. The molecule has 3 heteroatoms. The van der Waals surface area contributed by atoms with E-state index < -0.39 is 5.41 Å². The van der Waals surface area contributed by atoms with Gasteiger partial charge in [-0.1, -0.05) is 40.2 Å². The molecule has 8 aliphatic carbocycles. The fourth-order valence-electron chi connectivity index (χ4n) is 6.98. The van der Waals surface area contributed by atoms with Gasteiger partial charge >= 0.3 is 0 Å². The van der Waals surface area contributed by atoms with Crippen molar-refractivity contribution in [1.82, 2.24) is 0 Å². The Bertz CT molecular complexity index is 717. The summed E-state index contributed by atoms with van der Waals surface area (Å²) >= 11 is 3.69. The lowest BCUT2D eigenvalue weighted by atomic mass is 9.34. The lowest BCUT2D eigenvalue weighted by molar-refractivity contribution is -0.178. The quantitative estimate of drug-likeness (QED) is 0.641. The summed E-state index contributed by atoms with van der Waals surface area (Å²) < 4.78 is 1.03. The van der Waals surface area contributed by atoms with E-state index >= 15 is 0 Å². The summed E-state index contributed by atoms with van der Waals surface area (Å²) in [6.45, 7) is 0. The van der Waals surface area contributed by atoms with Gasteiger partial charge in [0.25, 0.3) is 0 Å². The van der Waals surface area contributed by atoms with Gasteiger partial charge in [-0.05, 0) is 36.2 Å². The van der Waals surface area contributed by atoms with Crippen molar-refractivity contribution in [3.8, 4) is 0 Å². The standard InChI is InChI=1S/C17H13BrO2/c18-12-6-13(19)17-10-2-1-7-9-5-11(10)16(12,17)4-3-8(9)15(20)14(7)17/h1-4,6-11,14H,5H2/t7-,8+,9+,10+,11-,14+,16-,17+/m0/s1. The smallest absolute Gasteiger partial charge is 0.165 e. The average Bonchev–Trinajstić information content (AvgIpc) is 2.69. The van der Waals surface area contributed by atoms with E-state index in [9.17, 15) is 9.59 Å². The second-order valence-corrected chi connectivity index (χ2v) is 8.21. The van der Waals surface area contributed by atoms with Crippen molar-refractivity contribution in [2.75, 3.05) is 0 Å². The molecule has 0 saturated heterocycles. The van der Waals surface area contributed by atoms with Crippen LogP contribution in [0.5, 0.6) is 0 Å².